The van der Waals surface area contributed by atoms with Crippen LogP contribution in [-0.2, 0) is 4.74 Å². The van der Waals surface area contributed by atoms with Gasteiger partial charge in [0.1, 0.15) is 6.61 Å². The first-order chi connectivity index (χ1) is 6.99. The lowest BCUT2D eigenvalue weighted by molar-refractivity contribution is 0.149. The molecule has 0 radical (unpaired) electrons. The minimum atomic E-state index is -0.694. The van der Waals surface area contributed by atoms with Crippen LogP contribution in [0.25, 0.3) is 0 Å². The number of carbonyl (C=O) groups excluding carboxylic acids is 1. The molecule has 0 aromatic rings. The zero-order chi connectivity index (χ0) is 11.3. The van der Waals surface area contributed by atoms with Gasteiger partial charge in [-0.05, 0) is 24.7 Å². The molecule has 0 saturated heterocycles. The van der Waals surface area contributed by atoms with Gasteiger partial charge in [0.25, 0.3) is 0 Å². The third-order valence-electron chi connectivity index (χ3n) is 2.98. The van der Waals surface area contributed by atoms with Crippen molar-refractivity contribution in [2.45, 2.75) is 45.6 Å². The number of hydrogen-bond acceptors (Lipinski definition) is 3. The summed E-state index contributed by atoms with van der Waals surface area (Å²) in [5, 5.41) is 3.40. The number of nitrogens with one attached hydrogen (secondary N) is 1. The van der Waals surface area contributed by atoms with E-state index in [4.69, 9.17) is 5.73 Å². The second kappa shape index (κ2) is 5.35. The van der Waals surface area contributed by atoms with Crippen LogP contribution in [0.5, 0.6) is 0 Å². The van der Waals surface area contributed by atoms with E-state index in [0.29, 0.717) is 24.6 Å². The highest BCUT2D eigenvalue weighted by atomic mass is 16.5. The Kier molecular flexibility index (Phi) is 4.39. The molecule has 1 rings (SSSR count). The Morgan fingerprint density at radius 3 is 2.93 bits per heavy atom. The molecule has 0 aromatic heterocycles. The summed E-state index contributed by atoms with van der Waals surface area (Å²) in [6.45, 7) is 5.68. The van der Waals surface area contributed by atoms with Crippen LogP contribution >= 0.6 is 0 Å². The Hall–Kier alpha value is -0.770. The number of hydrogen-bond donors (Lipinski definition) is 2. The second-order valence-corrected chi connectivity index (χ2v) is 5.08. The third kappa shape index (κ3) is 5.02. The van der Waals surface area contributed by atoms with E-state index >= 15 is 0 Å². The van der Waals surface area contributed by atoms with Crippen molar-refractivity contribution < 1.29 is 9.53 Å². The average molecular weight is 214 g/mol. The van der Waals surface area contributed by atoms with Gasteiger partial charge >= 0.3 is 6.09 Å². The molecule has 0 spiro atoms. The van der Waals surface area contributed by atoms with Gasteiger partial charge in [-0.1, -0.05) is 20.3 Å². The molecule has 1 fully saturated rings. The summed E-state index contributed by atoms with van der Waals surface area (Å²) >= 11 is 0. The number of nitrogens with two attached hydrogens (primary N) is 1. The van der Waals surface area contributed by atoms with E-state index in [0.717, 1.165) is 0 Å². The van der Waals surface area contributed by atoms with E-state index < -0.39 is 6.09 Å². The maximum Gasteiger partial charge on any atom is 0.404 e. The molecule has 1 aliphatic rings. The molecule has 3 N–H and O–H groups in total. The van der Waals surface area contributed by atoms with Crippen LogP contribution in [0.2, 0.25) is 0 Å². The minimum Gasteiger partial charge on any atom is -0.448 e. The highest BCUT2D eigenvalue weighted by molar-refractivity contribution is 5.64. The molecule has 1 aliphatic carbocycles. The van der Waals surface area contributed by atoms with Gasteiger partial charge in [0, 0.05) is 12.6 Å². The van der Waals surface area contributed by atoms with Gasteiger partial charge < -0.3 is 15.8 Å². The van der Waals surface area contributed by atoms with Crippen molar-refractivity contribution in [2.24, 2.45) is 11.1 Å². The number of amides is 1. The van der Waals surface area contributed by atoms with Gasteiger partial charge in [-0.2, -0.15) is 0 Å². The maximum atomic E-state index is 10.3. The van der Waals surface area contributed by atoms with E-state index in [1.165, 1.54) is 25.7 Å². The van der Waals surface area contributed by atoms with Crippen molar-refractivity contribution >= 4 is 6.09 Å². The van der Waals surface area contributed by atoms with Crippen LogP contribution in [0.1, 0.15) is 39.5 Å². The molecule has 1 unspecified atom stereocenters. The fourth-order valence-corrected chi connectivity index (χ4v) is 2.29. The average Bonchev–Trinajstić information content (AvgIpc) is 2.10. The molecule has 88 valence electrons. The topological polar surface area (TPSA) is 64.3 Å². The molecule has 0 heterocycles. The summed E-state index contributed by atoms with van der Waals surface area (Å²) in [6, 6.07) is 0.560. The van der Waals surface area contributed by atoms with Gasteiger partial charge in [-0.3, -0.25) is 0 Å². The van der Waals surface area contributed by atoms with E-state index in [1.807, 2.05) is 0 Å². The first-order valence-electron chi connectivity index (χ1n) is 5.65. The smallest absolute Gasteiger partial charge is 0.404 e. The molecule has 0 bridgehead atoms. The molecule has 4 heteroatoms. The maximum absolute atomic E-state index is 10.3. The molecule has 0 aliphatic heterocycles. The highest BCUT2D eigenvalue weighted by Crippen LogP contribution is 2.34. The van der Waals surface area contributed by atoms with Crippen molar-refractivity contribution in [3.8, 4) is 0 Å². The highest BCUT2D eigenvalue weighted by Gasteiger charge is 2.27. The summed E-state index contributed by atoms with van der Waals surface area (Å²) in [5.41, 5.74) is 5.31. The predicted molar refractivity (Wildman–Crippen MR) is 59.6 cm³/mol. The fraction of sp³-hybridized carbons (Fsp3) is 0.909. The van der Waals surface area contributed by atoms with Gasteiger partial charge in [0.05, 0.1) is 0 Å². The van der Waals surface area contributed by atoms with E-state index in [9.17, 15) is 4.79 Å². The predicted octanol–water partition coefficient (Wildman–Crippen LogP) is 1.64. The van der Waals surface area contributed by atoms with Gasteiger partial charge in [-0.25, -0.2) is 4.79 Å². The summed E-state index contributed by atoms with van der Waals surface area (Å²) in [4.78, 5) is 10.3. The largest absolute Gasteiger partial charge is 0.448 e. The van der Waals surface area contributed by atoms with Crippen LogP contribution in [0.15, 0.2) is 0 Å². The number of primary amides is 1. The van der Waals surface area contributed by atoms with Gasteiger partial charge in [-0.15, -0.1) is 0 Å². The molecular weight excluding hydrogens is 192 g/mol. The van der Waals surface area contributed by atoms with Crippen LogP contribution in [-0.4, -0.2) is 25.3 Å². The van der Waals surface area contributed by atoms with Gasteiger partial charge in [0.15, 0.2) is 0 Å². The summed E-state index contributed by atoms with van der Waals surface area (Å²) < 4.78 is 4.66. The second-order valence-electron chi connectivity index (χ2n) is 5.08. The van der Waals surface area contributed by atoms with Crippen molar-refractivity contribution in [1.29, 1.82) is 0 Å². The molecule has 4 nitrogen and oxygen atoms in total. The Bertz CT molecular complexity index is 217. The monoisotopic (exact) mass is 214 g/mol. The van der Waals surface area contributed by atoms with Crippen molar-refractivity contribution in [3.63, 3.8) is 0 Å². The van der Waals surface area contributed by atoms with Crippen LogP contribution in [0.3, 0.4) is 0 Å². The molecule has 1 amide bonds. The Labute approximate surface area is 91.5 Å². The first-order valence-corrected chi connectivity index (χ1v) is 5.65. The molecular formula is C11H22N2O2. The first kappa shape index (κ1) is 12.3. The fourth-order valence-electron chi connectivity index (χ4n) is 2.29. The van der Waals surface area contributed by atoms with Crippen molar-refractivity contribution in [2.75, 3.05) is 13.2 Å². The van der Waals surface area contributed by atoms with E-state index in [2.05, 4.69) is 23.9 Å². The SMILES string of the molecule is CC1(C)CCCC(NCCOC(N)=O)C1. The standard InChI is InChI=1S/C11H22N2O2/c1-11(2)5-3-4-9(8-11)13-6-7-15-10(12)14/h9,13H,3-8H2,1-2H3,(H2,12,14). The van der Waals surface area contributed by atoms with Gasteiger partial charge in [0.2, 0.25) is 0 Å². The number of carbonyl (C=O) groups is 1. The lowest BCUT2D eigenvalue weighted by atomic mass is 9.75. The van der Waals surface area contributed by atoms with E-state index in [-0.39, 0.29) is 0 Å². The Balaban J connectivity index is 2.13. The van der Waals surface area contributed by atoms with Crippen LogP contribution in [0.4, 0.5) is 4.79 Å². The molecule has 1 atom stereocenters. The van der Waals surface area contributed by atoms with Crippen LogP contribution < -0.4 is 11.1 Å². The van der Waals surface area contributed by atoms with Crippen molar-refractivity contribution in [3.05, 3.63) is 0 Å². The Morgan fingerprint density at radius 1 is 1.60 bits per heavy atom. The summed E-state index contributed by atoms with van der Waals surface area (Å²) in [6.07, 6.45) is 4.31. The third-order valence-corrected chi connectivity index (χ3v) is 2.98. The minimum absolute atomic E-state index is 0.367. The van der Waals surface area contributed by atoms with Crippen LogP contribution in [0, 0.1) is 5.41 Å². The molecule has 15 heavy (non-hydrogen) atoms. The lowest BCUT2D eigenvalue weighted by Crippen LogP contribution is -2.39. The lowest BCUT2D eigenvalue weighted by Gasteiger charge is -2.35. The quantitative estimate of drug-likeness (QED) is 0.699. The summed E-state index contributed by atoms with van der Waals surface area (Å²) in [7, 11) is 0. The molecule has 1 saturated carbocycles. The number of ether oxygens (including phenoxy) is 1. The number of rotatable bonds is 4. The molecule has 0 aromatic carbocycles. The zero-order valence-electron chi connectivity index (χ0n) is 9.71. The van der Waals surface area contributed by atoms with Crippen molar-refractivity contribution in [1.82, 2.24) is 5.32 Å². The van der Waals surface area contributed by atoms with E-state index in [1.54, 1.807) is 0 Å². The zero-order valence-corrected chi connectivity index (χ0v) is 9.71. The summed E-state index contributed by atoms with van der Waals surface area (Å²) in [5.74, 6) is 0. The Morgan fingerprint density at radius 2 is 2.33 bits per heavy atom. The normalized spacial score (nSPS) is 24.8.